The molecule has 3 aromatic heterocycles. The lowest BCUT2D eigenvalue weighted by Gasteiger charge is -2.26. The molecule has 0 saturated carbocycles. The van der Waals surface area contributed by atoms with E-state index in [-0.39, 0.29) is 11.6 Å². The molecule has 26 heavy (non-hydrogen) atoms. The summed E-state index contributed by atoms with van der Waals surface area (Å²) in [6, 6.07) is 5.89. The fourth-order valence-electron chi connectivity index (χ4n) is 3.78. The van der Waals surface area contributed by atoms with Gasteiger partial charge in [-0.15, -0.1) is 15.3 Å². The van der Waals surface area contributed by atoms with Gasteiger partial charge in [0.15, 0.2) is 5.65 Å². The number of aryl methyl sites for hydroxylation is 1. The maximum absolute atomic E-state index is 12.5. The average molecular weight is 369 g/mol. The van der Waals surface area contributed by atoms with Gasteiger partial charge >= 0.3 is 0 Å². The number of aromatic nitrogens is 6. The Labute approximate surface area is 154 Å². The number of hydrogen-bond donors (Lipinski definition) is 0. The number of hydrogen-bond acceptors (Lipinski definition) is 7. The van der Waals surface area contributed by atoms with E-state index in [2.05, 4.69) is 25.3 Å². The summed E-state index contributed by atoms with van der Waals surface area (Å²) in [7, 11) is 0. The molecule has 9 heteroatoms. The van der Waals surface area contributed by atoms with Gasteiger partial charge in [0.2, 0.25) is 0 Å². The second-order valence-electron chi connectivity index (χ2n) is 6.75. The monoisotopic (exact) mass is 369 g/mol. The molecule has 134 valence electrons. The van der Waals surface area contributed by atoms with Crippen LogP contribution in [0.3, 0.4) is 0 Å². The highest BCUT2D eigenvalue weighted by Gasteiger charge is 2.27. The molecule has 0 aliphatic carbocycles. The third-order valence-electron chi connectivity index (χ3n) is 5.11. The molecule has 0 bridgehead atoms. The van der Waals surface area contributed by atoms with E-state index in [1.54, 1.807) is 21.6 Å². The van der Waals surface area contributed by atoms with Crippen molar-refractivity contribution in [1.29, 1.82) is 0 Å². The Bertz CT molecular complexity index is 1010. The third-order valence-corrected chi connectivity index (χ3v) is 6.12. The van der Waals surface area contributed by atoms with Gasteiger partial charge in [0.25, 0.3) is 5.56 Å². The van der Waals surface area contributed by atoms with Crippen LogP contribution in [0.5, 0.6) is 0 Å². The molecule has 1 unspecified atom stereocenters. The summed E-state index contributed by atoms with van der Waals surface area (Å²) in [5.41, 5.74) is 2.91. The van der Waals surface area contributed by atoms with E-state index in [0.717, 1.165) is 60.0 Å². The normalized spacial score (nSPS) is 19.8. The van der Waals surface area contributed by atoms with E-state index in [1.165, 1.54) is 0 Å². The van der Waals surface area contributed by atoms with Crippen LogP contribution in [0.25, 0.3) is 5.65 Å². The molecule has 0 aromatic carbocycles. The summed E-state index contributed by atoms with van der Waals surface area (Å²) in [5.74, 6) is 2.87. The Kier molecular flexibility index (Phi) is 3.88. The van der Waals surface area contributed by atoms with Crippen molar-refractivity contribution in [1.82, 2.24) is 29.6 Å². The first-order valence-corrected chi connectivity index (χ1v) is 10.0. The maximum Gasteiger partial charge on any atom is 0.267 e. The van der Waals surface area contributed by atoms with Crippen molar-refractivity contribution < 1.29 is 0 Å². The van der Waals surface area contributed by atoms with Crippen LogP contribution in [0, 0.1) is 0 Å². The Morgan fingerprint density at radius 1 is 1.27 bits per heavy atom. The van der Waals surface area contributed by atoms with Gasteiger partial charge in [-0.05, 0) is 36.3 Å². The van der Waals surface area contributed by atoms with Crippen LogP contribution in [0.15, 0.2) is 29.3 Å². The Balaban J connectivity index is 1.43. The lowest BCUT2D eigenvalue weighted by molar-refractivity contribution is 0.479. The van der Waals surface area contributed by atoms with Crippen LogP contribution < -0.4 is 10.5 Å². The van der Waals surface area contributed by atoms with E-state index in [1.807, 2.05) is 23.9 Å². The first-order valence-electron chi connectivity index (χ1n) is 8.89. The number of anilines is 1. The van der Waals surface area contributed by atoms with Gasteiger partial charge in [0.1, 0.15) is 12.1 Å². The number of nitrogens with zero attached hydrogens (tertiary/aromatic N) is 7. The lowest BCUT2D eigenvalue weighted by Crippen LogP contribution is -2.38. The van der Waals surface area contributed by atoms with Crippen molar-refractivity contribution in [2.45, 2.75) is 37.6 Å². The van der Waals surface area contributed by atoms with Crippen molar-refractivity contribution in [2.75, 3.05) is 17.2 Å². The molecule has 5 heterocycles. The summed E-state index contributed by atoms with van der Waals surface area (Å²) < 4.78 is 3.33. The molecule has 2 aliphatic rings. The molecule has 3 aromatic rings. The number of rotatable bonds is 3. The summed E-state index contributed by atoms with van der Waals surface area (Å²) in [6.45, 7) is 1.53. The molecule has 0 amide bonds. The predicted molar refractivity (Wildman–Crippen MR) is 99.5 cm³/mol. The molecule has 0 spiro atoms. The second kappa shape index (κ2) is 6.39. The summed E-state index contributed by atoms with van der Waals surface area (Å²) in [5, 5.41) is 17.2. The fourth-order valence-corrected chi connectivity index (χ4v) is 4.73. The topological polar surface area (TPSA) is 81.2 Å². The Morgan fingerprint density at radius 3 is 3.19 bits per heavy atom. The van der Waals surface area contributed by atoms with Crippen molar-refractivity contribution in [2.24, 2.45) is 0 Å². The van der Waals surface area contributed by atoms with Gasteiger partial charge in [-0.3, -0.25) is 4.79 Å². The fraction of sp³-hybridized carbons (Fsp3) is 0.471. The van der Waals surface area contributed by atoms with Gasteiger partial charge in [-0.25, -0.2) is 4.68 Å². The lowest BCUT2D eigenvalue weighted by atomic mass is 10.2. The third kappa shape index (κ3) is 2.76. The molecular weight excluding hydrogens is 350 g/mol. The first kappa shape index (κ1) is 15.8. The van der Waals surface area contributed by atoms with Crippen LogP contribution in [0.1, 0.15) is 24.1 Å². The first-order chi connectivity index (χ1) is 12.8. The van der Waals surface area contributed by atoms with E-state index in [4.69, 9.17) is 0 Å². The number of thioether (sulfide) groups is 1. The largest absolute Gasteiger partial charge is 0.350 e. The minimum atomic E-state index is 0.000297. The zero-order valence-electron chi connectivity index (χ0n) is 14.3. The Morgan fingerprint density at radius 2 is 2.23 bits per heavy atom. The predicted octanol–water partition coefficient (Wildman–Crippen LogP) is 1.14. The number of fused-ring (bicyclic) bond motifs is 2. The zero-order valence-corrected chi connectivity index (χ0v) is 15.1. The van der Waals surface area contributed by atoms with Crippen molar-refractivity contribution in [3.63, 3.8) is 0 Å². The summed E-state index contributed by atoms with van der Waals surface area (Å²) >= 11 is 1.87. The highest BCUT2D eigenvalue weighted by atomic mass is 32.2. The molecular formula is C17H19N7OS. The molecule has 8 nitrogen and oxygen atoms in total. The van der Waals surface area contributed by atoms with Crippen LogP contribution in [0.4, 0.5) is 5.82 Å². The molecule has 5 rings (SSSR count). The SMILES string of the molecule is O=c1cc2c(nn1CC1CCCN1c1ccc3nncn3n1)CCSC2. The molecule has 1 atom stereocenters. The smallest absolute Gasteiger partial charge is 0.267 e. The van der Waals surface area contributed by atoms with Gasteiger partial charge in [0, 0.05) is 24.8 Å². The standard InChI is InChI=1S/C17H19N7OS/c25-17-8-12-10-26-7-5-14(12)20-23(17)9-13-2-1-6-22(13)16-4-3-15-19-18-11-24(15)21-16/h3-4,8,11,13H,1-2,5-7,9-10H2. The van der Waals surface area contributed by atoms with E-state index < -0.39 is 0 Å². The molecule has 0 N–H and O–H groups in total. The van der Waals surface area contributed by atoms with E-state index in [9.17, 15) is 4.79 Å². The zero-order chi connectivity index (χ0) is 17.5. The van der Waals surface area contributed by atoms with Gasteiger partial charge in [-0.1, -0.05) is 0 Å². The van der Waals surface area contributed by atoms with Crippen LogP contribution in [0.2, 0.25) is 0 Å². The molecule has 1 saturated heterocycles. The van der Waals surface area contributed by atoms with Gasteiger partial charge < -0.3 is 4.90 Å². The average Bonchev–Trinajstić information content (AvgIpc) is 3.30. The van der Waals surface area contributed by atoms with Crippen LogP contribution in [-0.2, 0) is 18.7 Å². The summed E-state index contributed by atoms with van der Waals surface area (Å²) in [6.07, 6.45) is 4.67. The van der Waals surface area contributed by atoms with Crippen LogP contribution >= 0.6 is 11.8 Å². The van der Waals surface area contributed by atoms with Crippen LogP contribution in [-0.4, -0.2) is 47.9 Å². The van der Waals surface area contributed by atoms with Gasteiger partial charge in [0.05, 0.1) is 18.3 Å². The van der Waals surface area contributed by atoms with Crippen molar-refractivity contribution in [3.8, 4) is 0 Å². The minimum absolute atomic E-state index is 0.000297. The molecule has 0 radical (unpaired) electrons. The van der Waals surface area contributed by atoms with Crippen molar-refractivity contribution >= 4 is 23.2 Å². The highest BCUT2D eigenvalue weighted by molar-refractivity contribution is 7.98. The summed E-state index contributed by atoms with van der Waals surface area (Å²) in [4.78, 5) is 14.8. The Hall–Kier alpha value is -2.42. The second-order valence-corrected chi connectivity index (χ2v) is 7.86. The quantitative estimate of drug-likeness (QED) is 0.685. The van der Waals surface area contributed by atoms with Crippen molar-refractivity contribution in [3.05, 3.63) is 46.1 Å². The van der Waals surface area contributed by atoms with E-state index >= 15 is 0 Å². The molecule has 2 aliphatic heterocycles. The highest BCUT2D eigenvalue weighted by Crippen LogP contribution is 2.25. The van der Waals surface area contributed by atoms with Gasteiger partial charge in [-0.2, -0.15) is 21.4 Å². The van der Waals surface area contributed by atoms with E-state index in [0.29, 0.717) is 6.54 Å². The maximum atomic E-state index is 12.5. The molecule has 1 fully saturated rings. The minimum Gasteiger partial charge on any atom is -0.350 e.